The summed E-state index contributed by atoms with van der Waals surface area (Å²) in [6.45, 7) is 1.41. The quantitative estimate of drug-likeness (QED) is 0.399. The minimum atomic E-state index is -1.27. The van der Waals surface area contributed by atoms with E-state index in [-0.39, 0.29) is 0 Å². The molecule has 0 bridgehead atoms. The number of halogens is 1. The van der Waals surface area contributed by atoms with Gasteiger partial charge in [0.05, 0.1) is 0 Å². The fourth-order valence-electron chi connectivity index (χ4n) is 0.647. The van der Waals surface area contributed by atoms with Crippen molar-refractivity contribution in [3.8, 4) is 0 Å². The summed E-state index contributed by atoms with van der Waals surface area (Å²) in [5.41, 5.74) is 0. The monoisotopic (exact) mass is 144 g/mol. The number of esters is 2. The molecule has 1 saturated heterocycles. The number of cyclic esters (lactones) is 2. The molecule has 0 radical (unpaired) electrons. The molecule has 0 unspecified atom stereocenters. The molecular weight excluding hydrogens is 139 g/mol. The molecule has 0 atom stereocenters. The lowest BCUT2D eigenvalue weighted by atomic mass is 10.1. The van der Waals surface area contributed by atoms with Crippen LogP contribution in [-0.4, -0.2) is 11.9 Å². The van der Waals surface area contributed by atoms with E-state index in [0.717, 1.165) is 6.08 Å². The molecule has 3 nitrogen and oxygen atoms in total. The predicted molar refractivity (Wildman–Crippen MR) is 29.5 cm³/mol. The summed E-state index contributed by atoms with van der Waals surface area (Å²) in [5, 5.41) is 0. The van der Waals surface area contributed by atoms with Crippen molar-refractivity contribution >= 4 is 11.9 Å². The number of ether oxygens (including phenoxy) is 1. The second kappa shape index (κ2) is 2.21. The van der Waals surface area contributed by atoms with E-state index in [4.69, 9.17) is 0 Å². The Morgan fingerprint density at radius 2 is 2.10 bits per heavy atom. The standard InChI is InChI=1S/C6H5FO3/c1-2-3(7)4-5(8)10-6(4)9/h2,4H,1H3. The second-order valence-electron chi connectivity index (χ2n) is 1.85. The Labute approximate surface area is 56.5 Å². The van der Waals surface area contributed by atoms with E-state index in [9.17, 15) is 14.0 Å². The van der Waals surface area contributed by atoms with E-state index in [1.165, 1.54) is 6.92 Å². The Kier molecular flexibility index (Phi) is 1.53. The van der Waals surface area contributed by atoms with Gasteiger partial charge >= 0.3 is 11.9 Å². The molecule has 1 heterocycles. The van der Waals surface area contributed by atoms with Crippen LogP contribution in [0.15, 0.2) is 11.9 Å². The van der Waals surface area contributed by atoms with Crippen LogP contribution in [0.25, 0.3) is 0 Å². The fourth-order valence-corrected chi connectivity index (χ4v) is 0.647. The number of carbonyl (C=O) groups excluding carboxylic acids is 2. The maximum atomic E-state index is 12.4. The van der Waals surface area contributed by atoms with Crippen LogP contribution in [0.4, 0.5) is 4.39 Å². The number of hydrogen-bond acceptors (Lipinski definition) is 3. The molecular formula is C6H5FO3. The van der Waals surface area contributed by atoms with Gasteiger partial charge in [-0.15, -0.1) is 0 Å². The third-order valence-electron chi connectivity index (χ3n) is 1.22. The van der Waals surface area contributed by atoms with Crippen LogP contribution in [0.3, 0.4) is 0 Å². The van der Waals surface area contributed by atoms with Crippen LogP contribution in [0, 0.1) is 5.92 Å². The zero-order chi connectivity index (χ0) is 7.72. The van der Waals surface area contributed by atoms with Gasteiger partial charge < -0.3 is 4.74 Å². The van der Waals surface area contributed by atoms with Crippen LogP contribution >= 0.6 is 0 Å². The highest BCUT2D eigenvalue weighted by Crippen LogP contribution is 2.23. The summed E-state index contributed by atoms with van der Waals surface area (Å²) in [7, 11) is 0. The molecule has 0 aromatic carbocycles. The average molecular weight is 144 g/mol. The highest BCUT2D eigenvalue weighted by molar-refractivity contribution is 6.11. The highest BCUT2D eigenvalue weighted by atomic mass is 19.1. The lowest BCUT2D eigenvalue weighted by Gasteiger charge is -2.19. The molecule has 1 fully saturated rings. The molecule has 0 N–H and O–H groups in total. The smallest absolute Gasteiger partial charge is 0.335 e. The first-order chi connectivity index (χ1) is 4.66. The van der Waals surface area contributed by atoms with Crippen molar-refractivity contribution < 1.29 is 18.7 Å². The lowest BCUT2D eigenvalue weighted by molar-refractivity contribution is -0.182. The molecule has 10 heavy (non-hydrogen) atoms. The second-order valence-corrected chi connectivity index (χ2v) is 1.85. The van der Waals surface area contributed by atoms with E-state index in [1.54, 1.807) is 0 Å². The van der Waals surface area contributed by atoms with Crippen LogP contribution in [0.5, 0.6) is 0 Å². The number of allylic oxidation sites excluding steroid dienone is 1. The number of carbonyl (C=O) groups is 2. The molecule has 0 aliphatic carbocycles. The van der Waals surface area contributed by atoms with Gasteiger partial charge in [0, 0.05) is 0 Å². The fraction of sp³-hybridized carbons (Fsp3) is 0.333. The Hall–Kier alpha value is -1.19. The van der Waals surface area contributed by atoms with Crippen LogP contribution in [0.1, 0.15) is 6.92 Å². The highest BCUT2D eigenvalue weighted by Gasteiger charge is 2.44. The van der Waals surface area contributed by atoms with Crippen molar-refractivity contribution in [2.24, 2.45) is 5.92 Å². The molecule has 54 valence electrons. The summed E-state index contributed by atoms with van der Waals surface area (Å²) in [5.74, 6) is -3.62. The van der Waals surface area contributed by atoms with Crippen molar-refractivity contribution in [3.05, 3.63) is 11.9 Å². The van der Waals surface area contributed by atoms with Crippen LogP contribution in [-0.2, 0) is 14.3 Å². The zero-order valence-electron chi connectivity index (χ0n) is 5.26. The molecule has 0 saturated carbocycles. The topological polar surface area (TPSA) is 43.4 Å². The van der Waals surface area contributed by atoms with Gasteiger partial charge in [0.25, 0.3) is 0 Å². The van der Waals surface area contributed by atoms with Gasteiger partial charge in [-0.1, -0.05) is 6.08 Å². The van der Waals surface area contributed by atoms with E-state index >= 15 is 0 Å². The molecule has 0 amide bonds. The van der Waals surface area contributed by atoms with Gasteiger partial charge in [0.15, 0.2) is 0 Å². The summed E-state index contributed by atoms with van der Waals surface area (Å²) in [6, 6.07) is 0. The first-order valence-electron chi connectivity index (χ1n) is 2.74. The van der Waals surface area contributed by atoms with Crippen molar-refractivity contribution in [2.75, 3.05) is 0 Å². The van der Waals surface area contributed by atoms with E-state index in [1.807, 2.05) is 0 Å². The number of hydrogen-bond donors (Lipinski definition) is 0. The summed E-state index contributed by atoms with van der Waals surface area (Å²) in [6.07, 6.45) is 1.07. The molecule has 1 aliphatic heterocycles. The predicted octanol–water partition coefficient (Wildman–Crippen LogP) is 0.559. The summed E-state index contributed by atoms with van der Waals surface area (Å²) < 4.78 is 16.3. The maximum Gasteiger partial charge on any atom is 0.335 e. The van der Waals surface area contributed by atoms with Crippen molar-refractivity contribution in [3.63, 3.8) is 0 Å². The molecule has 4 heteroatoms. The Bertz CT molecular complexity index is 205. The third-order valence-corrected chi connectivity index (χ3v) is 1.22. The summed E-state index contributed by atoms with van der Waals surface area (Å²) in [4.78, 5) is 20.6. The van der Waals surface area contributed by atoms with Gasteiger partial charge in [0.2, 0.25) is 5.92 Å². The van der Waals surface area contributed by atoms with E-state index in [2.05, 4.69) is 4.74 Å². The van der Waals surface area contributed by atoms with Gasteiger partial charge in [-0.25, -0.2) is 4.39 Å². The van der Waals surface area contributed by atoms with Crippen molar-refractivity contribution in [1.29, 1.82) is 0 Å². The largest absolute Gasteiger partial charge is 0.391 e. The van der Waals surface area contributed by atoms with Crippen molar-refractivity contribution in [1.82, 2.24) is 0 Å². The molecule has 1 aliphatic rings. The summed E-state index contributed by atoms with van der Waals surface area (Å²) >= 11 is 0. The molecule has 0 aromatic heterocycles. The lowest BCUT2D eigenvalue weighted by Crippen LogP contribution is -2.41. The van der Waals surface area contributed by atoms with Crippen molar-refractivity contribution in [2.45, 2.75) is 6.92 Å². The normalized spacial score (nSPS) is 20.4. The Balaban J connectivity index is 2.73. The Morgan fingerprint density at radius 3 is 2.30 bits per heavy atom. The molecule has 0 aromatic rings. The zero-order valence-corrected chi connectivity index (χ0v) is 5.26. The van der Waals surface area contributed by atoms with Gasteiger partial charge in [0.1, 0.15) is 5.83 Å². The number of rotatable bonds is 1. The molecule has 0 spiro atoms. The first kappa shape index (κ1) is 6.92. The minimum Gasteiger partial charge on any atom is -0.391 e. The van der Waals surface area contributed by atoms with E-state index < -0.39 is 23.7 Å². The van der Waals surface area contributed by atoms with Gasteiger partial charge in [-0.3, -0.25) is 9.59 Å². The van der Waals surface area contributed by atoms with Gasteiger partial charge in [-0.2, -0.15) is 0 Å². The van der Waals surface area contributed by atoms with Crippen LogP contribution in [0.2, 0.25) is 0 Å². The SMILES string of the molecule is CC=C(F)C1C(=O)OC1=O. The van der Waals surface area contributed by atoms with Crippen LogP contribution < -0.4 is 0 Å². The first-order valence-corrected chi connectivity index (χ1v) is 2.74. The molecule has 1 rings (SSSR count). The van der Waals surface area contributed by atoms with E-state index in [0.29, 0.717) is 0 Å². The maximum absolute atomic E-state index is 12.4. The third kappa shape index (κ3) is 0.814. The van der Waals surface area contributed by atoms with Gasteiger partial charge in [-0.05, 0) is 6.92 Å². The average Bonchev–Trinajstić information content (AvgIpc) is 1.87. The Morgan fingerprint density at radius 1 is 1.60 bits per heavy atom. The minimum absolute atomic E-state index is 0.735.